The summed E-state index contributed by atoms with van der Waals surface area (Å²) in [5, 5.41) is 9.23. The summed E-state index contributed by atoms with van der Waals surface area (Å²) in [6.07, 6.45) is -4.68. The lowest BCUT2D eigenvalue weighted by Gasteiger charge is -2.19. The van der Waals surface area contributed by atoms with Gasteiger partial charge in [0.1, 0.15) is 5.75 Å². The van der Waals surface area contributed by atoms with Crippen LogP contribution >= 0.6 is 0 Å². The molecular formula is C14H18F3NO2. The van der Waals surface area contributed by atoms with Crippen molar-refractivity contribution in [3.8, 4) is 5.75 Å². The molecule has 112 valence electrons. The molecule has 0 aromatic heterocycles. The number of benzene rings is 1. The van der Waals surface area contributed by atoms with E-state index in [1.807, 2.05) is 11.8 Å². The molecule has 3 nitrogen and oxygen atoms in total. The lowest BCUT2D eigenvalue weighted by Crippen LogP contribution is -2.23. The van der Waals surface area contributed by atoms with Crippen LogP contribution in [0.5, 0.6) is 5.75 Å². The molecule has 1 N–H and O–H groups in total. The summed E-state index contributed by atoms with van der Waals surface area (Å²) in [5.41, 5.74) is 0.510. The molecule has 0 unspecified atom stereocenters. The lowest BCUT2D eigenvalue weighted by molar-refractivity contribution is -0.275. The highest BCUT2D eigenvalue weighted by atomic mass is 19.4. The Morgan fingerprint density at radius 3 is 2.60 bits per heavy atom. The van der Waals surface area contributed by atoms with E-state index in [0.29, 0.717) is 24.6 Å². The summed E-state index contributed by atoms with van der Waals surface area (Å²) < 4.78 is 41.1. The quantitative estimate of drug-likeness (QED) is 0.925. The molecule has 20 heavy (non-hydrogen) atoms. The number of hydrogen-bond acceptors (Lipinski definition) is 3. The predicted octanol–water partition coefficient (Wildman–Crippen LogP) is 2.65. The van der Waals surface area contributed by atoms with E-state index in [9.17, 15) is 18.3 Å². The molecule has 0 bridgehead atoms. The first-order chi connectivity index (χ1) is 9.39. The van der Waals surface area contributed by atoms with Gasteiger partial charge in [0.15, 0.2) is 0 Å². The third-order valence-electron chi connectivity index (χ3n) is 3.67. The third-order valence-corrected chi connectivity index (χ3v) is 3.67. The smallest absolute Gasteiger partial charge is 0.405 e. The van der Waals surface area contributed by atoms with Crippen molar-refractivity contribution in [1.82, 2.24) is 4.90 Å². The predicted molar refractivity (Wildman–Crippen MR) is 68.1 cm³/mol. The van der Waals surface area contributed by atoms with Gasteiger partial charge in [-0.25, -0.2) is 0 Å². The zero-order chi connectivity index (χ0) is 14.8. The second kappa shape index (κ2) is 6.01. The Morgan fingerprint density at radius 2 is 2.00 bits per heavy atom. The Hall–Kier alpha value is -1.27. The number of likely N-dealkylation sites (tertiary alicyclic amines) is 1. The molecule has 1 aliphatic heterocycles. The van der Waals surface area contributed by atoms with E-state index >= 15 is 0 Å². The highest BCUT2D eigenvalue weighted by molar-refractivity contribution is 5.33. The van der Waals surface area contributed by atoms with Crippen LogP contribution in [0.15, 0.2) is 24.3 Å². The van der Waals surface area contributed by atoms with Gasteiger partial charge < -0.3 is 9.84 Å². The molecule has 0 spiro atoms. The van der Waals surface area contributed by atoms with E-state index in [1.165, 1.54) is 12.1 Å². The minimum atomic E-state index is -4.68. The molecule has 1 saturated heterocycles. The number of halogens is 3. The maximum Gasteiger partial charge on any atom is 0.573 e. The van der Waals surface area contributed by atoms with Crippen LogP contribution < -0.4 is 4.74 Å². The highest BCUT2D eigenvalue weighted by Crippen LogP contribution is 2.29. The maximum absolute atomic E-state index is 12.3. The molecule has 0 radical (unpaired) electrons. The normalized spacial score (nSPS) is 24.1. The molecule has 0 saturated carbocycles. The summed E-state index contributed by atoms with van der Waals surface area (Å²) in [5.74, 6) is 0.376. The fraction of sp³-hybridized carbons (Fsp3) is 0.571. The van der Waals surface area contributed by atoms with Crippen molar-refractivity contribution in [1.29, 1.82) is 0 Å². The SMILES string of the molecule is C[C@@H]1CN(Cc2ccccc2OC(F)(F)F)C[C@H]1CO. The van der Waals surface area contributed by atoms with Crippen LogP contribution in [0.2, 0.25) is 0 Å². The number of hydrogen-bond donors (Lipinski definition) is 1. The first kappa shape index (κ1) is 15.1. The fourth-order valence-corrected chi connectivity index (χ4v) is 2.61. The van der Waals surface area contributed by atoms with Crippen LogP contribution in [0.1, 0.15) is 12.5 Å². The van der Waals surface area contributed by atoms with Gasteiger partial charge in [-0.15, -0.1) is 13.2 Å². The van der Waals surface area contributed by atoms with Crippen molar-refractivity contribution in [2.75, 3.05) is 19.7 Å². The Balaban J connectivity index is 2.06. The number of alkyl halides is 3. The molecule has 1 aromatic carbocycles. The number of rotatable bonds is 4. The van der Waals surface area contributed by atoms with Gasteiger partial charge in [0, 0.05) is 31.8 Å². The Labute approximate surface area is 116 Å². The first-order valence-corrected chi connectivity index (χ1v) is 6.56. The highest BCUT2D eigenvalue weighted by Gasteiger charge is 2.33. The van der Waals surface area contributed by atoms with Crippen LogP contribution in [-0.4, -0.2) is 36.1 Å². The van der Waals surface area contributed by atoms with Crippen LogP contribution in [0.3, 0.4) is 0 Å². The number of para-hydroxylation sites is 1. The van der Waals surface area contributed by atoms with Crippen molar-refractivity contribution >= 4 is 0 Å². The standard InChI is InChI=1S/C14H18F3NO2/c1-10-6-18(8-12(10)9-19)7-11-4-2-3-5-13(11)20-14(15,16)17/h2-5,10,12,19H,6-9H2,1H3/t10-,12+/m1/s1. The van der Waals surface area contributed by atoms with Gasteiger partial charge in [-0.05, 0) is 17.9 Å². The molecule has 0 aliphatic carbocycles. The van der Waals surface area contributed by atoms with Crippen LogP contribution in [0.25, 0.3) is 0 Å². The molecular weight excluding hydrogens is 271 g/mol. The third kappa shape index (κ3) is 3.86. The minimum absolute atomic E-state index is 0.109. The Kier molecular flexibility index (Phi) is 4.55. The Bertz CT molecular complexity index is 450. The molecule has 2 rings (SSSR count). The van der Waals surface area contributed by atoms with E-state index in [-0.39, 0.29) is 18.3 Å². The molecule has 1 aliphatic rings. The summed E-state index contributed by atoms with van der Waals surface area (Å²) >= 11 is 0. The van der Waals surface area contributed by atoms with Gasteiger partial charge in [-0.2, -0.15) is 0 Å². The lowest BCUT2D eigenvalue weighted by atomic mass is 10.00. The van der Waals surface area contributed by atoms with Gasteiger partial charge in [0.25, 0.3) is 0 Å². The van der Waals surface area contributed by atoms with Crippen LogP contribution in [-0.2, 0) is 6.54 Å². The first-order valence-electron chi connectivity index (χ1n) is 6.56. The zero-order valence-electron chi connectivity index (χ0n) is 11.2. The number of ether oxygens (including phenoxy) is 1. The van der Waals surface area contributed by atoms with Crippen molar-refractivity contribution in [2.45, 2.75) is 19.8 Å². The van der Waals surface area contributed by atoms with Crippen LogP contribution in [0, 0.1) is 11.8 Å². The number of aliphatic hydroxyl groups excluding tert-OH is 1. The summed E-state index contributed by atoms with van der Waals surface area (Å²) in [6, 6.07) is 6.18. The molecule has 6 heteroatoms. The van der Waals surface area contributed by atoms with Crippen molar-refractivity contribution in [3.63, 3.8) is 0 Å². The summed E-state index contributed by atoms with van der Waals surface area (Å²) in [4.78, 5) is 2.05. The number of nitrogens with zero attached hydrogens (tertiary/aromatic N) is 1. The number of aliphatic hydroxyl groups is 1. The van der Waals surface area contributed by atoms with Crippen molar-refractivity contribution < 1.29 is 23.0 Å². The van der Waals surface area contributed by atoms with Crippen molar-refractivity contribution in [2.24, 2.45) is 11.8 Å². The average Bonchev–Trinajstić information content (AvgIpc) is 2.70. The summed E-state index contributed by atoms with van der Waals surface area (Å²) in [6.45, 7) is 4.01. The maximum atomic E-state index is 12.3. The topological polar surface area (TPSA) is 32.7 Å². The van der Waals surface area contributed by atoms with Gasteiger partial charge >= 0.3 is 6.36 Å². The largest absolute Gasteiger partial charge is 0.573 e. The van der Waals surface area contributed by atoms with E-state index in [1.54, 1.807) is 12.1 Å². The van der Waals surface area contributed by atoms with Gasteiger partial charge in [-0.1, -0.05) is 25.1 Å². The van der Waals surface area contributed by atoms with Gasteiger partial charge in [0.2, 0.25) is 0 Å². The molecule has 1 fully saturated rings. The van der Waals surface area contributed by atoms with E-state index in [2.05, 4.69) is 4.74 Å². The Morgan fingerprint density at radius 1 is 1.30 bits per heavy atom. The molecule has 0 amide bonds. The second-order valence-corrected chi connectivity index (χ2v) is 5.27. The van der Waals surface area contributed by atoms with E-state index in [4.69, 9.17) is 0 Å². The van der Waals surface area contributed by atoms with Crippen LogP contribution in [0.4, 0.5) is 13.2 Å². The molecule has 1 heterocycles. The fourth-order valence-electron chi connectivity index (χ4n) is 2.61. The van der Waals surface area contributed by atoms with Crippen molar-refractivity contribution in [3.05, 3.63) is 29.8 Å². The van der Waals surface area contributed by atoms with E-state index in [0.717, 1.165) is 6.54 Å². The van der Waals surface area contributed by atoms with Gasteiger partial charge in [0.05, 0.1) is 0 Å². The van der Waals surface area contributed by atoms with Gasteiger partial charge in [-0.3, -0.25) is 4.90 Å². The molecule has 1 aromatic rings. The monoisotopic (exact) mass is 289 g/mol. The second-order valence-electron chi connectivity index (χ2n) is 5.27. The zero-order valence-corrected chi connectivity index (χ0v) is 11.2. The molecule has 2 atom stereocenters. The average molecular weight is 289 g/mol. The summed E-state index contributed by atoms with van der Waals surface area (Å²) in [7, 11) is 0. The van der Waals surface area contributed by atoms with E-state index < -0.39 is 6.36 Å². The minimum Gasteiger partial charge on any atom is -0.405 e.